The summed E-state index contributed by atoms with van der Waals surface area (Å²) in [7, 11) is 0. The molecule has 0 N–H and O–H groups in total. The van der Waals surface area contributed by atoms with Crippen molar-refractivity contribution >= 4 is 5.57 Å². The summed E-state index contributed by atoms with van der Waals surface area (Å²) in [6.45, 7) is 11.5. The lowest BCUT2D eigenvalue weighted by atomic mass is 9.95. The molecule has 0 saturated carbocycles. The van der Waals surface area contributed by atoms with Crippen molar-refractivity contribution < 1.29 is 0 Å². The largest absolute Gasteiger partial charge is 0.301 e. The highest BCUT2D eigenvalue weighted by Gasteiger charge is 2.14. The molecular formula is C22H28N2. The van der Waals surface area contributed by atoms with Crippen LogP contribution in [0.2, 0.25) is 0 Å². The number of likely N-dealkylation sites (N-methyl/N-ethyl adjacent to an activating group) is 1. The second kappa shape index (κ2) is 8.27. The van der Waals surface area contributed by atoms with E-state index < -0.39 is 0 Å². The molecule has 24 heavy (non-hydrogen) atoms. The maximum Gasteiger partial charge on any atom is 0.0170 e. The van der Waals surface area contributed by atoms with E-state index in [2.05, 4.69) is 84.3 Å². The van der Waals surface area contributed by atoms with Gasteiger partial charge in [0.1, 0.15) is 0 Å². The Morgan fingerprint density at radius 2 is 1.50 bits per heavy atom. The van der Waals surface area contributed by atoms with Gasteiger partial charge in [0.15, 0.2) is 0 Å². The van der Waals surface area contributed by atoms with Crippen LogP contribution in [0.3, 0.4) is 0 Å². The zero-order valence-electron chi connectivity index (χ0n) is 14.9. The Kier molecular flexibility index (Phi) is 5.84. The molecule has 1 saturated heterocycles. The first-order valence-corrected chi connectivity index (χ1v) is 9.04. The van der Waals surface area contributed by atoms with Gasteiger partial charge >= 0.3 is 0 Å². The molecule has 0 aliphatic carbocycles. The zero-order chi connectivity index (χ0) is 16.8. The van der Waals surface area contributed by atoms with Crippen molar-refractivity contribution in [2.75, 3.05) is 39.3 Å². The van der Waals surface area contributed by atoms with Gasteiger partial charge in [-0.25, -0.2) is 0 Å². The molecule has 126 valence electrons. The standard InChI is InChI=1S/C22H28N2/c1-3-23-15-17-24(18-16-23)14-13-19(2)21-11-7-8-12-22(21)20-9-5-4-6-10-20/h4-13H,3,14-18H2,1-2H3. The summed E-state index contributed by atoms with van der Waals surface area (Å²) in [6, 6.07) is 19.4. The van der Waals surface area contributed by atoms with E-state index in [-0.39, 0.29) is 0 Å². The van der Waals surface area contributed by atoms with Gasteiger partial charge < -0.3 is 4.90 Å². The molecule has 0 amide bonds. The van der Waals surface area contributed by atoms with E-state index >= 15 is 0 Å². The maximum absolute atomic E-state index is 2.56. The Hall–Kier alpha value is -1.90. The van der Waals surface area contributed by atoms with Gasteiger partial charge in [-0.3, -0.25) is 4.90 Å². The molecule has 3 rings (SSSR count). The lowest BCUT2D eigenvalue weighted by Gasteiger charge is -2.33. The third-order valence-electron chi connectivity index (χ3n) is 5.00. The highest BCUT2D eigenvalue weighted by molar-refractivity contribution is 5.80. The molecule has 2 aromatic carbocycles. The molecule has 0 atom stereocenters. The lowest BCUT2D eigenvalue weighted by Crippen LogP contribution is -2.46. The zero-order valence-corrected chi connectivity index (χ0v) is 14.9. The van der Waals surface area contributed by atoms with Crippen molar-refractivity contribution in [1.82, 2.24) is 9.80 Å². The van der Waals surface area contributed by atoms with Gasteiger partial charge in [0.25, 0.3) is 0 Å². The summed E-state index contributed by atoms with van der Waals surface area (Å²) in [5, 5.41) is 0. The monoisotopic (exact) mass is 320 g/mol. The van der Waals surface area contributed by atoms with Gasteiger partial charge in [0.05, 0.1) is 0 Å². The molecule has 1 aliphatic heterocycles. The lowest BCUT2D eigenvalue weighted by molar-refractivity contribution is 0.148. The van der Waals surface area contributed by atoms with Crippen LogP contribution >= 0.6 is 0 Å². The van der Waals surface area contributed by atoms with Crippen LogP contribution in [-0.4, -0.2) is 49.1 Å². The number of hydrogen-bond donors (Lipinski definition) is 0. The van der Waals surface area contributed by atoms with Crippen molar-refractivity contribution in [3.05, 3.63) is 66.2 Å². The van der Waals surface area contributed by atoms with E-state index in [0.29, 0.717) is 0 Å². The van der Waals surface area contributed by atoms with Crippen molar-refractivity contribution in [3.8, 4) is 11.1 Å². The second-order valence-electron chi connectivity index (χ2n) is 6.53. The fourth-order valence-corrected chi connectivity index (χ4v) is 3.36. The van der Waals surface area contributed by atoms with Gasteiger partial charge in [-0.2, -0.15) is 0 Å². The molecule has 2 aromatic rings. The van der Waals surface area contributed by atoms with E-state index in [4.69, 9.17) is 0 Å². The van der Waals surface area contributed by atoms with Crippen molar-refractivity contribution in [3.63, 3.8) is 0 Å². The Morgan fingerprint density at radius 3 is 2.21 bits per heavy atom. The fourth-order valence-electron chi connectivity index (χ4n) is 3.36. The maximum atomic E-state index is 2.56. The molecule has 0 bridgehead atoms. The van der Waals surface area contributed by atoms with E-state index in [0.717, 1.165) is 6.54 Å². The van der Waals surface area contributed by atoms with Crippen LogP contribution in [0.4, 0.5) is 0 Å². The summed E-state index contributed by atoms with van der Waals surface area (Å²) in [6.07, 6.45) is 2.39. The average Bonchev–Trinajstić information content (AvgIpc) is 2.67. The van der Waals surface area contributed by atoms with Gasteiger partial charge in [-0.05, 0) is 35.7 Å². The Balaban J connectivity index is 1.72. The predicted octanol–water partition coefficient (Wildman–Crippen LogP) is 4.39. The highest BCUT2D eigenvalue weighted by Crippen LogP contribution is 2.28. The molecule has 0 aromatic heterocycles. The summed E-state index contributed by atoms with van der Waals surface area (Å²) < 4.78 is 0. The second-order valence-corrected chi connectivity index (χ2v) is 6.53. The van der Waals surface area contributed by atoms with Crippen molar-refractivity contribution in [2.24, 2.45) is 0 Å². The summed E-state index contributed by atoms with van der Waals surface area (Å²) in [5.41, 5.74) is 5.32. The third kappa shape index (κ3) is 4.14. The number of nitrogens with zero attached hydrogens (tertiary/aromatic N) is 2. The average molecular weight is 320 g/mol. The first-order valence-electron chi connectivity index (χ1n) is 9.04. The Bertz CT molecular complexity index is 667. The number of allylic oxidation sites excluding steroid dienone is 1. The van der Waals surface area contributed by atoms with Gasteiger partial charge in [-0.15, -0.1) is 0 Å². The minimum Gasteiger partial charge on any atom is -0.301 e. The summed E-state index contributed by atoms with van der Waals surface area (Å²) >= 11 is 0. The SMILES string of the molecule is CCN1CCN(CC=C(C)c2ccccc2-c2ccccc2)CC1. The highest BCUT2D eigenvalue weighted by atomic mass is 15.2. The smallest absolute Gasteiger partial charge is 0.0170 e. The van der Waals surface area contributed by atoms with E-state index in [9.17, 15) is 0 Å². The third-order valence-corrected chi connectivity index (χ3v) is 5.00. The minimum atomic E-state index is 1.05. The molecule has 0 spiro atoms. The molecule has 1 heterocycles. The van der Waals surface area contributed by atoms with Crippen LogP contribution < -0.4 is 0 Å². The van der Waals surface area contributed by atoms with Gasteiger partial charge in [-0.1, -0.05) is 67.6 Å². The minimum absolute atomic E-state index is 1.05. The first kappa shape index (κ1) is 16.9. The molecule has 1 fully saturated rings. The van der Waals surface area contributed by atoms with E-state index in [1.165, 1.54) is 55.0 Å². The van der Waals surface area contributed by atoms with Crippen LogP contribution in [0.1, 0.15) is 19.4 Å². The van der Waals surface area contributed by atoms with Crippen LogP contribution in [0.15, 0.2) is 60.7 Å². The number of benzene rings is 2. The summed E-state index contributed by atoms with van der Waals surface area (Å²) in [5.74, 6) is 0. The predicted molar refractivity (Wildman–Crippen MR) is 104 cm³/mol. The van der Waals surface area contributed by atoms with Crippen LogP contribution in [0.25, 0.3) is 16.7 Å². The van der Waals surface area contributed by atoms with Gasteiger partial charge in [0, 0.05) is 32.7 Å². The normalized spacial score (nSPS) is 17.2. The molecule has 1 aliphatic rings. The fraction of sp³-hybridized carbons (Fsp3) is 0.364. The molecule has 2 nitrogen and oxygen atoms in total. The molecule has 0 radical (unpaired) electrons. The topological polar surface area (TPSA) is 6.48 Å². The first-order chi connectivity index (χ1) is 11.8. The number of piperazine rings is 1. The van der Waals surface area contributed by atoms with E-state index in [1.807, 2.05) is 0 Å². The van der Waals surface area contributed by atoms with Crippen LogP contribution in [-0.2, 0) is 0 Å². The van der Waals surface area contributed by atoms with Crippen LogP contribution in [0, 0.1) is 0 Å². The quantitative estimate of drug-likeness (QED) is 0.806. The van der Waals surface area contributed by atoms with Crippen LogP contribution in [0.5, 0.6) is 0 Å². The molecule has 2 heteroatoms. The Labute approximate surface area is 146 Å². The number of rotatable bonds is 5. The van der Waals surface area contributed by atoms with Crippen molar-refractivity contribution in [1.29, 1.82) is 0 Å². The van der Waals surface area contributed by atoms with Crippen molar-refractivity contribution in [2.45, 2.75) is 13.8 Å². The molecular weight excluding hydrogens is 292 g/mol. The molecule has 0 unspecified atom stereocenters. The summed E-state index contributed by atoms with van der Waals surface area (Å²) in [4.78, 5) is 5.08. The Morgan fingerprint density at radius 1 is 0.875 bits per heavy atom. The number of hydrogen-bond acceptors (Lipinski definition) is 2. The van der Waals surface area contributed by atoms with E-state index in [1.54, 1.807) is 0 Å². The van der Waals surface area contributed by atoms with Gasteiger partial charge in [0.2, 0.25) is 0 Å².